The van der Waals surface area contributed by atoms with Crippen molar-refractivity contribution in [1.29, 1.82) is 0 Å². The van der Waals surface area contributed by atoms with Crippen LogP contribution in [0.1, 0.15) is 37.0 Å². The average Bonchev–Trinajstić information content (AvgIpc) is 3.33. The molecule has 1 amide bonds. The number of furan rings is 1. The van der Waals surface area contributed by atoms with E-state index < -0.39 is 17.7 Å². The van der Waals surface area contributed by atoms with Gasteiger partial charge in [-0.2, -0.15) is 0 Å². The second-order valence-electron chi connectivity index (χ2n) is 8.19. The first-order valence-corrected chi connectivity index (χ1v) is 10.5. The summed E-state index contributed by atoms with van der Waals surface area (Å²) in [6, 6.07) is 18.4. The van der Waals surface area contributed by atoms with Gasteiger partial charge in [0.2, 0.25) is 0 Å². The number of carbonyl (C=O) groups excluding carboxylic acids is 2. The number of Topliss-reactive ketones (excluding diaryl/α,β-unsaturated/α-hetero) is 1. The van der Waals surface area contributed by atoms with E-state index >= 15 is 0 Å². The number of nitrogens with zero attached hydrogens (tertiary/aromatic N) is 1. The standard InChI is InChI=1S/C26H25NO5/c1-16(2)15-31-20-11-7-8-18(14-20)24(28)22-23(21-13-12-17(3)32-21)27(26(30)25(22)29)19-9-5-4-6-10-19/h4-14,16,23,28H,15H2,1-3H3/b24-22-. The number of benzene rings is 2. The lowest BCUT2D eigenvalue weighted by atomic mass is 9.99. The van der Waals surface area contributed by atoms with Gasteiger partial charge in [0.1, 0.15) is 29.1 Å². The maximum absolute atomic E-state index is 13.1. The second kappa shape index (κ2) is 8.75. The summed E-state index contributed by atoms with van der Waals surface area (Å²) in [6.07, 6.45) is 0. The van der Waals surface area contributed by atoms with Crippen molar-refractivity contribution in [2.24, 2.45) is 5.92 Å². The monoisotopic (exact) mass is 431 g/mol. The van der Waals surface area contributed by atoms with Gasteiger partial charge < -0.3 is 14.3 Å². The first-order chi connectivity index (χ1) is 15.4. The third-order valence-corrected chi connectivity index (χ3v) is 5.20. The summed E-state index contributed by atoms with van der Waals surface area (Å²) < 4.78 is 11.6. The second-order valence-corrected chi connectivity index (χ2v) is 8.19. The number of para-hydroxylation sites is 1. The largest absolute Gasteiger partial charge is 0.507 e. The van der Waals surface area contributed by atoms with Crippen molar-refractivity contribution in [1.82, 2.24) is 0 Å². The van der Waals surface area contributed by atoms with Crippen LogP contribution in [0.25, 0.3) is 5.76 Å². The van der Waals surface area contributed by atoms with Crippen LogP contribution in [-0.4, -0.2) is 23.4 Å². The molecule has 3 aromatic rings. The summed E-state index contributed by atoms with van der Waals surface area (Å²) >= 11 is 0. The SMILES string of the molecule is Cc1ccc(C2/C(=C(/O)c3cccc(OCC(C)C)c3)C(=O)C(=O)N2c2ccccc2)o1. The number of aryl methyl sites for hydroxylation is 1. The molecular formula is C26H25NO5. The number of ether oxygens (including phenoxy) is 1. The molecule has 1 fully saturated rings. The number of aliphatic hydroxyl groups is 1. The Hall–Kier alpha value is -3.80. The van der Waals surface area contributed by atoms with Gasteiger partial charge in [0.05, 0.1) is 12.2 Å². The van der Waals surface area contributed by atoms with Crippen molar-refractivity contribution in [2.75, 3.05) is 11.5 Å². The molecule has 6 nitrogen and oxygen atoms in total. The highest BCUT2D eigenvalue weighted by Gasteiger charge is 2.48. The minimum atomic E-state index is -0.883. The molecule has 0 spiro atoms. The van der Waals surface area contributed by atoms with Crippen molar-refractivity contribution in [3.63, 3.8) is 0 Å². The van der Waals surface area contributed by atoms with Crippen LogP contribution in [0.2, 0.25) is 0 Å². The number of hydrogen-bond donors (Lipinski definition) is 1. The van der Waals surface area contributed by atoms with Crippen LogP contribution < -0.4 is 9.64 Å². The summed E-state index contributed by atoms with van der Waals surface area (Å²) in [5.41, 5.74) is 0.918. The maximum Gasteiger partial charge on any atom is 0.300 e. The summed E-state index contributed by atoms with van der Waals surface area (Å²) in [4.78, 5) is 27.5. The zero-order valence-corrected chi connectivity index (χ0v) is 18.2. The van der Waals surface area contributed by atoms with Gasteiger partial charge in [-0.15, -0.1) is 0 Å². The minimum Gasteiger partial charge on any atom is -0.507 e. The average molecular weight is 431 g/mol. The fraction of sp³-hybridized carbons (Fsp3) is 0.231. The summed E-state index contributed by atoms with van der Waals surface area (Å²) in [5, 5.41) is 11.2. The fourth-order valence-corrected chi connectivity index (χ4v) is 3.71. The first-order valence-electron chi connectivity index (χ1n) is 10.5. The molecule has 0 saturated carbocycles. The molecule has 0 aliphatic carbocycles. The summed E-state index contributed by atoms with van der Waals surface area (Å²) in [7, 11) is 0. The smallest absolute Gasteiger partial charge is 0.300 e. The highest BCUT2D eigenvalue weighted by atomic mass is 16.5. The van der Waals surface area contributed by atoms with E-state index in [-0.39, 0.29) is 11.3 Å². The Kier molecular flexibility index (Phi) is 5.86. The van der Waals surface area contributed by atoms with Crippen LogP contribution in [0.5, 0.6) is 5.75 Å². The Morgan fingerprint density at radius 2 is 1.81 bits per heavy atom. The van der Waals surface area contributed by atoms with E-state index in [1.807, 2.05) is 19.9 Å². The molecule has 1 saturated heterocycles. The Morgan fingerprint density at radius 1 is 1.06 bits per heavy atom. The molecule has 1 unspecified atom stereocenters. The minimum absolute atomic E-state index is 0.0192. The van der Waals surface area contributed by atoms with Crippen molar-refractivity contribution in [2.45, 2.75) is 26.8 Å². The van der Waals surface area contributed by atoms with Gasteiger partial charge in [-0.1, -0.05) is 44.2 Å². The number of ketones is 1. The maximum atomic E-state index is 13.1. The molecule has 164 valence electrons. The molecule has 32 heavy (non-hydrogen) atoms. The van der Waals surface area contributed by atoms with E-state index in [1.54, 1.807) is 67.6 Å². The molecule has 2 heterocycles. The van der Waals surface area contributed by atoms with E-state index in [2.05, 4.69) is 0 Å². The van der Waals surface area contributed by atoms with Crippen LogP contribution in [0.15, 0.2) is 76.7 Å². The molecule has 0 bridgehead atoms. The number of rotatable bonds is 6. The lowest BCUT2D eigenvalue weighted by Crippen LogP contribution is -2.29. The van der Waals surface area contributed by atoms with Gasteiger partial charge in [-0.25, -0.2) is 0 Å². The molecule has 2 aromatic carbocycles. The highest BCUT2D eigenvalue weighted by Crippen LogP contribution is 2.42. The van der Waals surface area contributed by atoms with Crippen LogP contribution >= 0.6 is 0 Å². The fourth-order valence-electron chi connectivity index (χ4n) is 3.71. The van der Waals surface area contributed by atoms with E-state index in [0.717, 1.165) is 0 Å². The molecule has 1 aliphatic rings. The van der Waals surface area contributed by atoms with Crippen LogP contribution in [0.4, 0.5) is 5.69 Å². The zero-order chi connectivity index (χ0) is 22.8. The molecule has 1 aromatic heterocycles. The number of hydrogen-bond acceptors (Lipinski definition) is 5. The van der Waals surface area contributed by atoms with Gasteiger partial charge >= 0.3 is 0 Å². The molecule has 1 N–H and O–H groups in total. The number of carbonyl (C=O) groups is 2. The normalized spacial score (nSPS) is 17.9. The molecule has 6 heteroatoms. The molecule has 1 atom stereocenters. The molecule has 4 rings (SSSR count). The zero-order valence-electron chi connectivity index (χ0n) is 18.2. The highest BCUT2D eigenvalue weighted by molar-refractivity contribution is 6.51. The first kappa shape index (κ1) is 21.4. The topological polar surface area (TPSA) is 80.0 Å². The van der Waals surface area contributed by atoms with E-state index in [0.29, 0.717) is 41.0 Å². The van der Waals surface area contributed by atoms with Crippen molar-refractivity contribution >= 4 is 23.1 Å². The van der Waals surface area contributed by atoms with Crippen molar-refractivity contribution in [3.8, 4) is 5.75 Å². The van der Waals surface area contributed by atoms with Gasteiger partial charge in [0, 0.05) is 11.3 Å². The summed E-state index contributed by atoms with van der Waals surface area (Å²) in [6.45, 7) is 6.39. The lowest BCUT2D eigenvalue weighted by Gasteiger charge is -2.23. The van der Waals surface area contributed by atoms with Crippen LogP contribution in [-0.2, 0) is 9.59 Å². The summed E-state index contributed by atoms with van der Waals surface area (Å²) in [5.74, 6) is 0.205. The predicted octanol–water partition coefficient (Wildman–Crippen LogP) is 5.25. The Morgan fingerprint density at radius 3 is 2.47 bits per heavy atom. The van der Waals surface area contributed by atoms with Crippen LogP contribution in [0.3, 0.4) is 0 Å². The Balaban J connectivity index is 1.84. The van der Waals surface area contributed by atoms with Gasteiger partial charge in [-0.3, -0.25) is 14.5 Å². The Labute approximate surface area is 186 Å². The van der Waals surface area contributed by atoms with Crippen LogP contribution in [0, 0.1) is 12.8 Å². The van der Waals surface area contributed by atoms with Gasteiger partial charge in [0.25, 0.3) is 11.7 Å². The quantitative estimate of drug-likeness (QED) is 0.328. The number of anilines is 1. The third kappa shape index (κ3) is 4.04. The molecule has 1 aliphatic heterocycles. The molecular weight excluding hydrogens is 406 g/mol. The third-order valence-electron chi connectivity index (χ3n) is 5.20. The van der Waals surface area contributed by atoms with E-state index in [4.69, 9.17) is 9.15 Å². The van der Waals surface area contributed by atoms with Crippen molar-refractivity contribution in [3.05, 3.63) is 89.4 Å². The number of amides is 1. The number of aliphatic hydroxyl groups excluding tert-OH is 1. The molecule has 0 radical (unpaired) electrons. The van der Waals surface area contributed by atoms with E-state index in [9.17, 15) is 14.7 Å². The Bertz CT molecular complexity index is 1180. The van der Waals surface area contributed by atoms with Gasteiger partial charge in [0.15, 0.2) is 0 Å². The van der Waals surface area contributed by atoms with Gasteiger partial charge in [-0.05, 0) is 49.2 Å². The lowest BCUT2D eigenvalue weighted by molar-refractivity contribution is -0.132. The predicted molar refractivity (Wildman–Crippen MR) is 121 cm³/mol. The van der Waals surface area contributed by atoms with E-state index in [1.165, 1.54) is 4.90 Å². The van der Waals surface area contributed by atoms with Crippen molar-refractivity contribution < 1.29 is 23.8 Å².